The molecular weight excluding hydrogens is 454 g/mol. The lowest BCUT2D eigenvalue weighted by molar-refractivity contribution is -0.123. The quantitative estimate of drug-likeness (QED) is 0.366. The highest BCUT2D eigenvalue weighted by molar-refractivity contribution is 7.17. The Hall–Kier alpha value is -3.85. The minimum Gasteiger partial charge on any atom is -0.497 e. The van der Waals surface area contributed by atoms with Gasteiger partial charge in [-0.05, 0) is 41.8 Å². The monoisotopic (exact) mass is 479 g/mol. The number of carbonyl (C=O) groups is 1. The van der Waals surface area contributed by atoms with Crippen LogP contribution in [0.15, 0.2) is 54.2 Å². The second kappa shape index (κ2) is 10.8. The molecule has 176 valence electrons. The largest absolute Gasteiger partial charge is 0.497 e. The molecule has 4 rings (SSSR count). The summed E-state index contributed by atoms with van der Waals surface area (Å²) in [5.74, 6) is 2.21. The number of ether oxygens (including phenoxy) is 4. The molecule has 0 aliphatic carbocycles. The fraction of sp³-hybridized carbons (Fsp3) is 0.240. The predicted molar refractivity (Wildman–Crippen MR) is 131 cm³/mol. The molecule has 0 fully saturated rings. The van der Waals surface area contributed by atoms with Crippen molar-refractivity contribution in [3.8, 4) is 34.3 Å². The van der Waals surface area contributed by atoms with Crippen LogP contribution in [0.4, 0.5) is 0 Å². The van der Waals surface area contributed by atoms with Gasteiger partial charge in [0.15, 0.2) is 18.1 Å². The molecule has 2 aromatic heterocycles. The van der Waals surface area contributed by atoms with Gasteiger partial charge < -0.3 is 24.3 Å². The summed E-state index contributed by atoms with van der Waals surface area (Å²) >= 11 is 1.48. The topological polar surface area (TPSA) is 91.8 Å². The Balaban J connectivity index is 1.43. The number of nitrogens with zero attached hydrogens (tertiary/aromatic N) is 2. The fourth-order valence-corrected chi connectivity index (χ4v) is 4.40. The number of methoxy groups -OCH3 is 3. The summed E-state index contributed by atoms with van der Waals surface area (Å²) in [6, 6.07) is 13.4. The third kappa shape index (κ3) is 5.20. The van der Waals surface area contributed by atoms with Crippen molar-refractivity contribution in [1.82, 2.24) is 15.3 Å². The zero-order valence-electron chi connectivity index (χ0n) is 19.2. The summed E-state index contributed by atoms with van der Waals surface area (Å²) in [5, 5.41) is 5.62. The Kier molecular flexibility index (Phi) is 7.44. The number of carbonyl (C=O) groups excluding carboxylic acids is 1. The van der Waals surface area contributed by atoms with E-state index in [1.54, 1.807) is 21.3 Å². The maximum absolute atomic E-state index is 12.4. The number of amides is 1. The molecule has 34 heavy (non-hydrogen) atoms. The van der Waals surface area contributed by atoms with Gasteiger partial charge in [-0.1, -0.05) is 18.2 Å². The summed E-state index contributed by atoms with van der Waals surface area (Å²) < 4.78 is 21.7. The highest BCUT2D eigenvalue weighted by Crippen LogP contribution is 2.40. The van der Waals surface area contributed by atoms with Crippen LogP contribution in [-0.4, -0.2) is 50.4 Å². The molecule has 0 atom stereocenters. The van der Waals surface area contributed by atoms with Gasteiger partial charge in [0.1, 0.15) is 16.9 Å². The Morgan fingerprint density at radius 1 is 0.971 bits per heavy atom. The summed E-state index contributed by atoms with van der Waals surface area (Å²) in [4.78, 5) is 21.8. The van der Waals surface area contributed by atoms with E-state index in [2.05, 4.69) is 15.3 Å². The Labute approximate surface area is 201 Å². The predicted octanol–water partition coefficient (Wildman–Crippen LogP) is 4.12. The van der Waals surface area contributed by atoms with Crippen LogP contribution in [-0.2, 0) is 11.2 Å². The van der Waals surface area contributed by atoms with Crippen LogP contribution in [0.2, 0.25) is 0 Å². The van der Waals surface area contributed by atoms with E-state index >= 15 is 0 Å². The van der Waals surface area contributed by atoms with Gasteiger partial charge in [0.2, 0.25) is 5.88 Å². The van der Waals surface area contributed by atoms with E-state index in [4.69, 9.17) is 18.9 Å². The number of hydrogen-bond acceptors (Lipinski definition) is 8. The van der Waals surface area contributed by atoms with E-state index in [-0.39, 0.29) is 12.5 Å². The van der Waals surface area contributed by atoms with Gasteiger partial charge in [0, 0.05) is 17.5 Å². The molecular formula is C25H25N3O5S. The lowest BCUT2D eigenvalue weighted by Crippen LogP contribution is -2.30. The van der Waals surface area contributed by atoms with Crippen molar-refractivity contribution in [3.05, 3.63) is 59.7 Å². The highest BCUT2D eigenvalue weighted by Gasteiger charge is 2.17. The first-order valence-corrected chi connectivity index (χ1v) is 11.5. The van der Waals surface area contributed by atoms with Gasteiger partial charge in [0.25, 0.3) is 5.91 Å². The number of aromatic nitrogens is 2. The van der Waals surface area contributed by atoms with Crippen LogP contribution in [0, 0.1) is 0 Å². The van der Waals surface area contributed by atoms with Crippen molar-refractivity contribution in [2.45, 2.75) is 6.42 Å². The standard InChI is InChI=1S/C25H25N3O5S/c1-30-18-7-4-16(5-8-18)10-11-26-22(29)13-33-24-23-19(14-34-25(23)28-15-27-24)17-6-9-20(31-2)21(12-17)32-3/h4-9,12,14-15H,10-11,13H2,1-3H3,(H,26,29). The SMILES string of the molecule is COc1ccc(CCNC(=O)COc2ncnc3scc(-c4ccc(OC)c(OC)c4)c23)cc1. The van der Waals surface area contributed by atoms with E-state index in [0.29, 0.717) is 30.3 Å². The van der Waals surface area contributed by atoms with Crippen molar-refractivity contribution >= 4 is 27.5 Å². The molecule has 0 saturated carbocycles. The normalized spacial score (nSPS) is 10.7. The van der Waals surface area contributed by atoms with Gasteiger partial charge in [0.05, 0.1) is 26.7 Å². The highest BCUT2D eigenvalue weighted by atomic mass is 32.1. The molecule has 0 radical (unpaired) electrons. The van der Waals surface area contributed by atoms with Crippen molar-refractivity contribution in [2.24, 2.45) is 0 Å². The van der Waals surface area contributed by atoms with Gasteiger partial charge in [-0.25, -0.2) is 9.97 Å². The number of rotatable bonds is 10. The molecule has 0 unspecified atom stereocenters. The number of nitrogens with one attached hydrogen (secondary N) is 1. The van der Waals surface area contributed by atoms with Gasteiger partial charge in [-0.15, -0.1) is 11.3 Å². The van der Waals surface area contributed by atoms with Crippen LogP contribution in [0.5, 0.6) is 23.1 Å². The van der Waals surface area contributed by atoms with Crippen molar-refractivity contribution < 1.29 is 23.7 Å². The van der Waals surface area contributed by atoms with Gasteiger partial charge in [-0.2, -0.15) is 0 Å². The third-order valence-electron chi connectivity index (χ3n) is 5.26. The Bertz CT molecular complexity index is 1270. The minimum absolute atomic E-state index is 0.143. The first-order chi connectivity index (χ1) is 16.6. The van der Waals surface area contributed by atoms with Gasteiger partial charge in [-0.3, -0.25) is 4.79 Å². The first-order valence-electron chi connectivity index (χ1n) is 10.6. The average Bonchev–Trinajstić information content (AvgIpc) is 3.32. The zero-order chi connectivity index (χ0) is 23.9. The maximum atomic E-state index is 12.4. The zero-order valence-corrected chi connectivity index (χ0v) is 20.0. The Morgan fingerprint density at radius 2 is 1.76 bits per heavy atom. The molecule has 8 nitrogen and oxygen atoms in total. The number of thiophene rings is 1. The molecule has 2 heterocycles. The van der Waals surface area contributed by atoms with Crippen molar-refractivity contribution in [2.75, 3.05) is 34.5 Å². The smallest absolute Gasteiger partial charge is 0.258 e. The van der Waals surface area contributed by atoms with Gasteiger partial charge >= 0.3 is 0 Å². The molecule has 1 amide bonds. The summed E-state index contributed by atoms with van der Waals surface area (Å²) in [7, 11) is 4.82. The van der Waals surface area contributed by atoms with E-state index in [1.165, 1.54) is 17.7 Å². The summed E-state index contributed by atoms with van der Waals surface area (Å²) in [5.41, 5.74) is 2.92. The fourth-order valence-electron chi connectivity index (χ4n) is 3.50. The van der Waals surface area contributed by atoms with E-state index < -0.39 is 0 Å². The molecule has 4 aromatic rings. The van der Waals surface area contributed by atoms with Crippen LogP contribution < -0.4 is 24.3 Å². The first kappa shape index (κ1) is 23.3. The average molecular weight is 480 g/mol. The molecule has 0 spiro atoms. The molecule has 2 aromatic carbocycles. The van der Waals surface area contributed by atoms with E-state index in [9.17, 15) is 4.79 Å². The molecule has 9 heteroatoms. The van der Waals surface area contributed by atoms with Crippen LogP contribution >= 0.6 is 11.3 Å². The summed E-state index contributed by atoms with van der Waals surface area (Å²) in [6.45, 7) is 0.360. The number of benzene rings is 2. The second-order valence-electron chi connectivity index (χ2n) is 7.31. The molecule has 0 aliphatic rings. The Morgan fingerprint density at radius 3 is 2.50 bits per heavy atom. The molecule has 0 saturated heterocycles. The molecule has 0 bridgehead atoms. The molecule has 0 aliphatic heterocycles. The van der Waals surface area contributed by atoms with Crippen LogP contribution in [0.25, 0.3) is 21.3 Å². The maximum Gasteiger partial charge on any atom is 0.258 e. The number of fused-ring (bicyclic) bond motifs is 1. The lowest BCUT2D eigenvalue weighted by Gasteiger charge is -2.11. The van der Waals surface area contributed by atoms with E-state index in [1.807, 2.05) is 47.8 Å². The number of hydrogen-bond donors (Lipinski definition) is 1. The summed E-state index contributed by atoms with van der Waals surface area (Å²) in [6.07, 6.45) is 2.15. The van der Waals surface area contributed by atoms with E-state index in [0.717, 1.165) is 32.7 Å². The van der Waals surface area contributed by atoms with Crippen LogP contribution in [0.3, 0.4) is 0 Å². The van der Waals surface area contributed by atoms with Crippen molar-refractivity contribution in [1.29, 1.82) is 0 Å². The molecule has 1 N–H and O–H groups in total. The second-order valence-corrected chi connectivity index (χ2v) is 8.17. The van der Waals surface area contributed by atoms with Crippen LogP contribution in [0.1, 0.15) is 5.56 Å². The minimum atomic E-state index is -0.219. The third-order valence-corrected chi connectivity index (χ3v) is 6.15. The lowest BCUT2D eigenvalue weighted by atomic mass is 10.1. The van der Waals surface area contributed by atoms with Crippen molar-refractivity contribution in [3.63, 3.8) is 0 Å².